The number of anilines is 1. The zero-order valence-corrected chi connectivity index (χ0v) is 34.2. The van der Waals surface area contributed by atoms with E-state index in [0.717, 1.165) is 74.5 Å². The van der Waals surface area contributed by atoms with Crippen molar-refractivity contribution in [3.05, 3.63) is 42.1 Å². The molecule has 1 spiro atoms. The van der Waals surface area contributed by atoms with Crippen LogP contribution in [0.3, 0.4) is 0 Å². The molecule has 4 aliphatic rings. The van der Waals surface area contributed by atoms with Gasteiger partial charge in [0.15, 0.2) is 18.6 Å². The van der Waals surface area contributed by atoms with Gasteiger partial charge in [-0.05, 0) is 109 Å². The molecule has 0 aliphatic carbocycles. The first-order valence-corrected chi connectivity index (χ1v) is 20.5. The van der Waals surface area contributed by atoms with E-state index in [9.17, 15) is 18.0 Å². The zero-order valence-electron chi connectivity index (χ0n) is 34.2. The number of ether oxygens (including phenoxy) is 4. The number of alkyl halides is 3. The first kappa shape index (κ1) is 40.2. The van der Waals surface area contributed by atoms with Gasteiger partial charge in [0.05, 0.1) is 11.7 Å². The molecule has 15 heteroatoms. The monoisotopic (exact) mass is 805 g/mol. The van der Waals surface area contributed by atoms with Crippen LogP contribution in [0.15, 0.2) is 31.0 Å². The molecule has 4 fully saturated rings. The molecule has 4 aromatic rings. The summed E-state index contributed by atoms with van der Waals surface area (Å²) < 4.78 is 68.6. The summed E-state index contributed by atoms with van der Waals surface area (Å²) in [5.41, 5.74) is 2.96. The molecule has 6 heterocycles. The highest BCUT2D eigenvalue weighted by molar-refractivity contribution is 6.07. The maximum Gasteiger partial charge on any atom is 0.422 e. The van der Waals surface area contributed by atoms with Gasteiger partial charge in [-0.3, -0.25) is 0 Å². The summed E-state index contributed by atoms with van der Waals surface area (Å²) in [5, 5.41) is 6.05. The van der Waals surface area contributed by atoms with Crippen molar-refractivity contribution in [3.8, 4) is 22.9 Å². The minimum Gasteiger partial charge on any atom is -0.481 e. The second-order valence-electron chi connectivity index (χ2n) is 17.5. The van der Waals surface area contributed by atoms with Crippen LogP contribution in [-0.4, -0.2) is 113 Å². The Hall–Kier alpha value is -4.63. The van der Waals surface area contributed by atoms with Crippen molar-refractivity contribution in [1.82, 2.24) is 29.5 Å². The Balaban J connectivity index is 1.24. The quantitative estimate of drug-likeness (QED) is 0.172. The molecule has 1 atom stereocenters. The number of carbonyl (C=O) groups is 1. The standard InChI is InChI=1S/C43H54F3N7O5/c1-7-28-22-30-36(37(56-26-43(44,45)46)35(28)34-27(2)11-12-32-31(34)23-47-53(32)33-10-8-9-21-55-33)48-39(57-29-13-17-50(6)18-14-29)49-38(30)51-19-15-42(16-20-51)24-52(25-42)40(54)58-41(3,4)5/h7,11-12,22-23,29,33H,1,8-10,13-21,24-26H2,2-6H3. The maximum atomic E-state index is 14.2. The molecule has 2 aromatic carbocycles. The number of halogens is 3. The summed E-state index contributed by atoms with van der Waals surface area (Å²) in [7, 11) is 2.07. The zero-order chi connectivity index (χ0) is 41.0. The van der Waals surface area contributed by atoms with E-state index >= 15 is 0 Å². The molecule has 0 bridgehead atoms. The topological polar surface area (TPSA) is 107 Å². The van der Waals surface area contributed by atoms with E-state index in [-0.39, 0.29) is 41.1 Å². The number of amides is 1. The van der Waals surface area contributed by atoms with Crippen LogP contribution in [0.2, 0.25) is 0 Å². The van der Waals surface area contributed by atoms with Gasteiger partial charge in [0, 0.05) is 67.6 Å². The SMILES string of the molecule is C=Cc1cc2c(N3CCC4(CC3)CN(C(=O)OC(C)(C)C)C4)nc(OC3CCN(C)CC3)nc2c(OCC(F)(F)F)c1-c1c(C)ccc2c1cnn2C1CCCCO1. The van der Waals surface area contributed by atoms with E-state index in [1.165, 1.54) is 0 Å². The molecule has 58 heavy (non-hydrogen) atoms. The third-order valence-corrected chi connectivity index (χ3v) is 12.0. The predicted molar refractivity (Wildman–Crippen MR) is 216 cm³/mol. The summed E-state index contributed by atoms with van der Waals surface area (Å²) in [6, 6.07) is 5.95. The van der Waals surface area contributed by atoms with E-state index in [1.54, 1.807) is 17.2 Å². The maximum absolute atomic E-state index is 14.2. The molecule has 4 aliphatic heterocycles. The van der Waals surface area contributed by atoms with Gasteiger partial charge >= 0.3 is 18.3 Å². The highest BCUT2D eigenvalue weighted by atomic mass is 19.4. The van der Waals surface area contributed by atoms with Crippen LogP contribution in [0.25, 0.3) is 39.0 Å². The van der Waals surface area contributed by atoms with Gasteiger partial charge in [-0.2, -0.15) is 28.2 Å². The second kappa shape index (κ2) is 15.5. The van der Waals surface area contributed by atoms with E-state index in [1.807, 2.05) is 50.6 Å². The number of carbonyl (C=O) groups excluding carboxylic acids is 1. The molecule has 1 unspecified atom stereocenters. The molecule has 312 valence electrons. The summed E-state index contributed by atoms with van der Waals surface area (Å²) in [6.07, 6.45) is 4.01. The van der Waals surface area contributed by atoms with Crippen molar-refractivity contribution in [3.63, 3.8) is 0 Å². The summed E-state index contributed by atoms with van der Waals surface area (Å²) >= 11 is 0. The van der Waals surface area contributed by atoms with Crippen molar-refractivity contribution in [2.24, 2.45) is 5.41 Å². The van der Waals surface area contributed by atoms with Gasteiger partial charge in [0.1, 0.15) is 23.0 Å². The highest BCUT2D eigenvalue weighted by Gasteiger charge is 2.48. The molecule has 1 amide bonds. The molecular weight excluding hydrogens is 752 g/mol. The molecule has 0 saturated carbocycles. The van der Waals surface area contributed by atoms with Gasteiger partial charge in [0.2, 0.25) is 0 Å². The number of aromatic nitrogens is 4. The van der Waals surface area contributed by atoms with E-state index in [4.69, 9.17) is 34.0 Å². The number of benzene rings is 2. The first-order chi connectivity index (χ1) is 27.6. The van der Waals surface area contributed by atoms with Crippen LogP contribution in [-0.2, 0) is 9.47 Å². The normalized spacial score (nSPS) is 20.7. The van der Waals surface area contributed by atoms with E-state index in [2.05, 4.69) is 23.4 Å². The van der Waals surface area contributed by atoms with Crippen LogP contribution in [0.4, 0.5) is 23.8 Å². The Bertz CT molecular complexity index is 2170. The number of hydrogen-bond donors (Lipinski definition) is 0. The Morgan fingerprint density at radius 3 is 2.41 bits per heavy atom. The highest BCUT2D eigenvalue weighted by Crippen LogP contribution is 2.48. The van der Waals surface area contributed by atoms with Crippen molar-refractivity contribution in [2.75, 3.05) is 64.4 Å². The van der Waals surface area contributed by atoms with Crippen LogP contribution in [0.5, 0.6) is 11.8 Å². The number of likely N-dealkylation sites (tertiary alicyclic amines) is 2. The molecule has 0 radical (unpaired) electrons. The number of nitrogens with zero attached hydrogens (tertiary/aromatic N) is 7. The molecule has 0 N–H and O–H groups in total. The average Bonchev–Trinajstić information content (AvgIpc) is 3.60. The van der Waals surface area contributed by atoms with Crippen LogP contribution < -0.4 is 14.4 Å². The van der Waals surface area contributed by atoms with Crippen molar-refractivity contribution < 1.29 is 36.9 Å². The Morgan fingerprint density at radius 2 is 1.76 bits per heavy atom. The number of rotatable bonds is 8. The average molecular weight is 806 g/mol. The minimum absolute atomic E-state index is 0.0145. The number of piperidine rings is 2. The summed E-state index contributed by atoms with van der Waals surface area (Å²) in [6.45, 7) is 14.9. The number of aryl methyl sites for hydroxylation is 1. The van der Waals surface area contributed by atoms with E-state index in [0.29, 0.717) is 60.7 Å². The number of fused-ring (bicyclic) bond motifs is 2. The lowest BCUT2D eigenvalue weighted by molar-refractivity contribution is -0.153. The minimum atomic E-state index is -4.63. The lowest BCUT2D eigenvalue weighted by Crippen LogP contribution is -2.62. The molecule has 2 aromatic heterocycles. The van der Waals surface area contributed by atoms with Gasteiger partial charge < -0.3 is 33.6 Å². The molecular formula is C43H54F3N7O5. The molecule has 12 nitrogen and oxygen atoms in total. The first-order valence-electron chi connectivity index (χ1n) is 20.5. The van der Waals surface area contributed by atoms with Gasteiger partial charge in [-0.1, -0.05) is 18.7 Å². The number of hydrogen-bond acceptors (Lipinski definition) is 10. The fourth-order valence-electron chi connectivity index (χ4n) is 8.92. The van der Waals surface area contributed by atoms with E-state index < -0.39 is 18.4 Å². The lowest BCUT2D eigenvalue weighted by Gasteiger charge is -2.53. The van der Waals surface area contributed by atoms with Crippen LogP contribution in [0, 0.1) is 12.3 Å². The van der Waals surface area contributed by atoms with Crippen molar-refractivity contribution in [1.29, 1.82) is 0 Å². The molecule has 4 saturated heterocycles. The Morgan fingerprint density at radius 1 is 1.02 bits per heavy atom. The summed E-state index contributed by atoms with van der Waals surface area (Å²) in [5.74, 6) is 0.550. The third kappa shape index (κ3) is 8.16. The largest absolute Gasteiger partial charge is 0.481 e. The second-order valence-corrected chi connectivity index (χ2v) is 17.5. The van der Waals surface area contributed by atoms with Crippen LogP contribution in [0.1, 0.15) is 83.1 Å². The lowest BCUT2D eigenvalue weighted by atomic mass is 9.72. The van der Waals surface area contributed by atoms with Crippen molar-refractivity contribution >= 4 is 39.8 Å². The fraction of sp³-hybridized carbons (Fsp3) is 0.581. The van der Waals surface area contributed by atoms with Crippen LogP contribution >= 0.6 is 0 Å². The summed E-state index contributed by atoms with van der Waals surface area (Å²) in [4.78, 5) is 28.9. The fourth-order valence-corrected chi connectivity index (χ4v) is 8.92. The van der Waals surface area contributed by atoms with Gasteiger partial charge in [0.25, 0.3) is 0 Å². The molecule has 8 rings (SSSR count). The van der Waals surface area contributed by atoms with Gasteiger partial charge in [-0.25, -0.2) is 9.48 Å². The predicted octanol–water partition coefficient (Wildman–Crippen LogP) is 8.55. The smallest absolute Gasteiger partial charge is 0.422 e. The Kier molecular flexibility index (Phi) is 10.7. The van der Waals surface area contributed by atoms with Crippen molar-refractivity contribution in [2.45, 2.75) is 96.7 Å². The Labute approximate surface area is 337 Å². The van der Waals surface area contributed by atoms with Gasteiger partial charge in [-0.15, -0.1) is 0 Å². The third-order valence-electron chi connectivity index (χ3n) is 12.0.